The molecule has 3 aromatic carbocycles. The van der Waals surface area contributed by atoms with E-state index in [1.165, 1.54) is 5.56 Å². The first-order chi connectivity index (χ1) is 13.6. The molecule has 0 amide bonds. The fourth-order valence-corrected chi connectivity index (χ4v) is 3.45. The molecule has 1 N–H and O–H groups in total. The van der Waals surface area contributed by atoms with Crippen LogP contribution in [0, 0.1) is 6.92 Å². The van der Waals surface area contributed by atoms with Crippen molar-refractivity contribution < 1.29 is 14.3 Å². The van der Waals surface area contributed by atoms with Crippen LogP contribution in [0.4, 0.5) is 5.69 Å². The first-order valence-electron chi connectivity index (χ1n) is 9.40. The van der Waals surface area contributed by atoms with Crippen LogP contribution in [0.5, 0.6) is 11.5 Å². The lowest BCUT2D eigenvalue weighted by molar-refractivity contribution is 0.0850. The molecule has 0 fully saturated rings. The van der Waals surface area contributed by atoms with Crippen molar-refractivity contribution in [3.63, 3.8) is 0 Å². The van der Waals surface area contributed by atoms with E-state index >= 15 is 0 Å². The molecule has 4 nitrogen and oxygen atoms in total. The molecule has 3 aromatic rings. The average molecular weight is 373 g/mol. The second kappa shape index (κ2) is 7.77. The van der Waals surface area contributed by atoms with Crippen LogP contribution in [0.25, 0.3) is 0 Å². The van der Waals surface area contributed by atoms with Crippen LogP contribution in [0.1, 0.15) is 39.6 Å². The van der Waals surface area contributed by atoms with Gasteiger partial charge in [-0.15, -0.1) is 0 Å². The maximum atomic E-state index is 12.7. The summed E-state index contributed by atoms with van der Waals surface area (Å²) in [5.74, 6) is 1.55. The molecule has 4 heteroatoms. The zero-order valence-electron chi connectivity index (χ0n) is 16.1. The van der Waals surface area contributed by atoms with Crippen molar-refractivity contribution in [2.24, 2.45) is 0 Å². The number of hydrogen-bond acceptors (Lipinski definition) is 4. The predicted octanol–water partition coefficient (Wildman–Crippen LogP) is 5.32. The molecule has 0 saturated heterocycles. The van der Waals surface area contributed by atoms with Gasteiger partial charge in [-0.05, 0) is 53.9 Å². The Morgan fingerprint density at radius 2 is 1.86 bits per heavy atom. The molecule has 142 valence electrons. The number of para-hydroxylation sites is 1. The summed E-state index contributed by atoms with van der Waals surface area (Å²) in [6.45, 7) is 2.74. The number of rotatable bonds is 5. The Morgan fingerprint density at radius 1 is 1.07 bits per heavy atom. The second-order valence-corrected chi connectivity index (χ2v) is 7.01. The van der Waals surface area contributed by atoms with Crippen molar-refractivity contribution in [1.29, 1.82) is 0 Å². The van der Waals surface area contributed by atoms with Gasteiger partial charge in [0.1, 0.15) is 17.6 Å². The number of aryl methyl sites for hydroxylation is 1. The van der Waals surface area contributed by atoms with E-state index in [0.717, 1.165) is 22.6 Å². The quantitative estimate of drug-likeness (QED) is 0.657. The fraction of sp³-hybridized carbons (Fsp3) is 0.208. The highest BCUT2D eigenvalue weighted by Gasteiger charge is 2.27. The third-order valence-electron chi connectivity index (χ3n) is 5.10. The van der Waals surface area contributed by atoms with Gasteiger partial charge in [0.05, 0.1) is 19.1 Å². The van der Waals surface area contributed by atoms with Crippen LogP contribution in [0.2, 0.25) is 0 Å². The van der Waals surface area contributed by atoms with E-state index < -0.39 is 0 Å². The van der Waals surface area contributed by atoms with Gasteiger partial charge < -0.3 is 14.8 Å². The van der Waals surface area contributed by atoms with Crippen molar-refractivity contribution >= 4 is 11.5 Å². The number of fused-ring (bicyclic) bond motifs is 1. The maximum absolute atomic E-state index is 12.7. The van der Waals surface area contributed by atoms with Crippen molar-refractivity contribution in [2.75, 3.05) is 12.4 Å². The summed E-state index contributed by atoms with van der Waals surface area (Å²) in [6, 6.07) is 21.7. The third kappa shape index (κ3) is 3.72. The average Bonchev–Trinajstić information content (AvgIpc) is 2.73. The van der Waals surface area contributed by atoms with Gasteiger partial charge in [0, 0.05) is 12.2 Å². The van der Waals surface area contributed by atoms with Crippen molar-refractivity contribution in [3.8, 4) is 11.5 Å². The number of anilines is 1. The number of carbonyl (C=O) groups excluding carboxylic acids is 1. The van der Waals surface area contributed by atoms with Gasteiger partial charge in [-0.25, -0.2) is 0 Å². The molecule has 0 aromatic heterocycles. The highest BCUT2D eigenvalue weighted by atomic mass is 16.5. The maximum Gasteiger partial charge on any atom is 0.170 e. The number of Topliss-reactive ketones (excluding diaryl/α,β-unsaturated/α-hetero) is 1. The minimum absolute atomic E-state index is 0.111. The van der Waals surface area contributed by atoms with Gasteiger partial charge in [-0.3, -0.25) is 4.79 Å². The van der Waals surface area contributed by atoms with Gasteiger partial charge in [0.15, 0.2) is 5.78 Å². The van der Waals surface area contributed by atoms with Crippen LogP contribution in [-0.4, -0.2) is 12.9 Å². The summed E-state index contributed by atoms with van der Waals surface area (Å²) in [5, 5.41) is 3.43. The molecule has 0 radical (unpaired) electrons. The monoisotopic (exact) mass is 373 g/mol. The zero-order valence-corrected chi connectivity index (χ0v) is 16.1. The molecule has 28 heavy (non-hydrogen) atoms. The van der Waals surface area contributed by atoms with Crippen molar-refractivity contribution in [3.05, 3.63) is 89.0 Å². The molecule has 1 unspecified atom stereocenters. The van der Waals surface area contributed by atoms with E-state index in [1.54, 1.807) is 7.11 Å². The Bertz CT molecular complexity index is 995. The van der Waals surface area contributed by atoms with Crippen LogP contribution in [0.3, 0.4) is 0 Å². The van der Waals surface area contributed by atoms with Crippen LogP contribution >= 0.6 is 0 Å². The molecule has 0 saturated carbocycles. The third-order valence-corrected chi connectivity index (χ3v) is 5.10. The Hall–Kier alpha value is -3.27. The van der Waals surface area contributed by atoms with E-state index in [-0.39, 0.29) is 11.9 Å². The standard InChI is InChI=1S/C24H23NO3/c1-16-5-3-4-6-21(16)25-15-17-7-12-23-20(13-17)22(26)14-24(28-23)18-8-10-19(27-2)11-9-18/h3-13,24-25H,14-15H2,1-2H3. The van der Waals surface area contributed by atoms with Gasteiger partial charge in [-0.2, -0.15) is 0 Å². The lowest BCUT2D eigenvalue weighted by atomic mass is 9.95. The Balaban J connectivity index is 1.50. The van der Waals surface area contributed by atoms with Gasteiger partial charge >= 0.3 is 0 Å². The van der Waals surface area contributed by atoms with E-state index in [1.807, 2.05) is 54.6 Å². The number of nitrogens with one attached hydrogen (secondary N) is 1. The SMILES string of the molecule is COc1ccc(C2CC(=O)c3cc(CNc4ccccc4C)ccc3O2)cc1. The van der Waals surface area contributed by atoms with Crippen LogP contribution in [-0.2, 0) is 6.54 Å². The minimum Gasteiger partial charge on any atom is -0.497 e. The van der Waals surface area contributed by atoms with Crippen LogP contribution < -0.4 is 14.8 Å². The molecule has 1 heterocycles. The molecule has 0 bridgehead atoms. The summed E-state index contributed by atoms with van der Waals surface area (Å²) in [7, 11) is 1.64. The molecule has 0 aliphatic carbocycles. The molecule has 1 aliphatic rings. The van der Waals surface area contributed by atoms with Crippen molar-refractivity contribution in [2.45, 2.75) is 26.0 Å². The normalized spacial score (nSPS) is 15.5. The van der Waals surface area contributed by atoms with Gasteiger partial charge in [-0.1, -0.05) is 36.4 Å². The molecule has 1 aliphatic heterocycles. The number of ether oxygens (including phenoxy) is 2. The summed E-state index contributed by atoms with van der Waals surface area (Å²) >= 11 is 0. The number of methoxy groups -OCH3 is 1. The van der Waals surface area contributed by atoms with Crippen molar-refractivity contribution in [1.82, 2.24) is 0 Å². The van der Waals surface area contributed by atoms with E-state index in [0.29, 0.717) is 24.3 Å². The topological polar surface area (TPSA) is 47.6 Å². The smallest absolute Gasteiger partial charge is 0.170 e. The van der Waals surface area contributed by atoms with Crippen LogP contribution in [0.15, 0.2) is 66.7 Å². The molecular formula is C24H23NO3. The molecular weight excluding hydrogens is 350 g/mol. The number of hydrogen-bond donors (Lipinski definition) is 1. The van der Waals surface area contributed by atoms with Gasteiger partial charge in [0.25, 0.3) is 0 Å². The second-order valence-electron chi connectivity index (χ2n) is 7.01. The number of carbonyl (C=O) groups is 1. The fourth-order valence-electron chi connectivity index (χ4n) is 3.45. The summed E-state index contributed by atoms with van der Waals surface area (Å²) < 4.78 is 11.3. The lowest BCUT2D eigenvalue weighted by Crippen LogP contribution is -2.20. The largest absolute Gasteiger partial charge is 0.497 e. The first kappa shape index (κ1) is 18.1. The number of benzene rings is 3. The molecule has 0 spiro atoms. The van der Waals surface area contributed by atoms with Gasteiger partial charge in [0.2, 0.25) is 0 Å². The highest BCUT2D eigenvalue weighted by molar-refractivity contribution is 6.00. The summed E-state index contributed by atoms with van der Waals surface area (Å²) in [6.07, 6.45) is 0.0791. The molecule has 1 atom stereocenters. The Morgan fingerprint density at radius 3 is 2.61 bits per heavy atom. The zero-order chi connectivity index (χ0) is 19.5. The summed E-state index contributed by atoms with van der Waals surface area (Å²) in [4.78, 5) is 12.7. The number of ketones is 1. The highest BCUT2D eigenvalue weighted by Crippen LogP contribution is 2.36. The Labute approximate surface area is 165 Å². The van der Waals surface area contributed by atoms with E-state index in [4.69, 9.17) is 9.47 Å². The van der Waals surface area contributed by atoms with E-state index in [2.05, 4.69) is 24.4 Å². The first-order valence-corrected chi connectivity index (χ1v) is 9.40. The van der Waals surface area contributed by atoms with E-state index in [9.17, 15) is 4.79 Å². The molecule has 4 rings (SSSR count). The minimum atomic E-state index is -0.262. The summed E-state index contributed by atoms with van der Waals surface area (Å²) in [5.41, 5.74) is 4.99. The lowest BCUT2D eigenvalue weighted by Gasteiger charge is -2.26. The Kier molecular flexibility index (Phi) is 5.02. The predicted molar refractivity (Wildman–Crippen MR) is 110 cm³/mol.